The number of fused-ring (bicyclic) bond motifs is 7. The van der Waals surface area contributed by atoms with Gasteiger partial charge in [-0.2, -0.15) is 0 Å². The number of furan rings is 1. The molecule has 0 spiro atoms. The van der Waals surface area contributed by atoms with Crippen molar-refractivity contribution in [3.8, 4) is 45.0 Å². The summed E-state index contributed by atoms with van der Waals surface area (Å²) in [4.78, 5) is 9.61. The summed E-state index contributed by atoms with van der Waals surface area (Å²) >= 11 is 0. The Balaban J connectivity index is 1.22. The van der Waals surface area contributed by atoms with Crippen molar-refractivity contribution in [1.29, 1.82) is 0 Å². The maximum atomic E-state index is 9.56. The first-order chi connectivity index (χ1) is 30.5. The van der Waals surface area contributed by atoms with Crippen LogP contribution in [0.4, 0.5) is 0 Å². The van der Waals surface area contributed by atoms with Crippen LogP contribution in [0.1, 0.15) is 20.6 Å². The molecule has 0 aliphatic carbocycles. The Morgan fingerprint density at radius 3 is 2.06 bits per heavy atom. The Hall–Kier alpha value is -6.58. The molecule has 0 bridgehead atoms. The lowest BCUT2D eigenvalue weighted by atomic mass is 9.92. The number of pyridine rings is 2. The van der Waals surface area contributed by atoms with E-state index < -0.39 is 124 Å². The molecule has 3 aromatic heterocycles. The minimum Gasteiger partial charge on any atom is -0.456 e. The van der Waals surface area contributed by atoms with Crippen LogP contribution in [-0.2, 0) is 0 Å². The fraction of sp³-hybridized carbons (Fsp3) is 0. The SMILES string of the molecule is [2H]c1c(-c2c([2H])c([2H])c([2H])c(-c3ccc(-c4ccc5ccc6cccnc6c5n4)c4ccccc34)c2[2H])oc(-c2c([2H])c3c([2H])c([2H])c([2H])c([2H])c3c3c([2H])c([2H])c([2H])c([2H])c23)c1[2H]. The minimum atomic E-state index is -0.737. The number of rotatable bonds is 4. The summed E-state index contributed by atoms with van der Waals surface area (Å²) in [7, 11) is 0. The Morgan fingerprint density at radius 2 is 1.16 bits per heavy atom. The van der Waals surface area contributed by atoms with Crippen LogP contribution in [0.2, 0.25) is 0 Å². The van der Waals surface area contributed by atoms with E-state index in [0.29, 0.717) is 27.5 Å². The smallest absolute Gasteiger partial charge is 0.135 e. The number of hydrogen-bond donors (Lipinski definition) is 0. The monoisotopic (exact) mass is 639 g/mol. The van der Waals surface area contributed by atoms with Gasteiger partial charge in [-0.1, -0.05) is 127 Å². The van der Waals surface area contributed by atoms with Crippen molar-refractivity contribution in [2.45, 2.75) is 0 Å². The van der Waals surface area contributed by atoms with E-state index in [1.165, 1.54) is 0 Å². The molecule has 228 valence electrons. The normalized spacial score (nSPS) is 16.0. The molecule has 3 heterocycles. The van der Waals surface area contributed by atoms with E-state index in [1.54, 1.807) is 30.5 Å². The molecule has 0 N–H and O–H groups in total. The van der Waals surface area contributed by atoms with E-state index in [4.69, 9.17) is 27.2 Å². The number of nitrogens with zero attached hydrogens (tertiary/aromatic N) is 2. The highest BCUT2D eigenvalue weighted by Gasteiger charge is 2.15. The van der Waals surface area contributed by atoms with Crippen LogP contribution in [0, 0.1) is 0 Å². The molecule has 10 aromatic rings. The van der Waals surface area contributed by atoms with Gasteiger partial charge in [-0.25, -0.2) is 4.98 Å². The van der Waals surface area contributed by atoms with Crippen LogP contribution in [0.5, 0.6) is 0 Å². The van der Waals surface area contributed by atoms with Crippen molar-refractivity contribution in [1.82, 2.24) is 9.97 Å². The summed E-state index contributed by atoms with van der Waals surface area (Å²) in [6.07, 6.45) is 1.71. The second kappa shape index (κ2) is 11.0. The first kappa shape index (κ1) is 16.5. The average Bonchev–Trinajstić information content (AvgIpc) is 3.58. The third-order valence-electron chi connectivity index (χ3n) is 8.60. The lowest BCUT2D eigenvalue weighted by Gasteiger charge is -2.13. The second-order valence-electron chi connectivity index (χ2n) is 11.4. The molecule has 7 aromatic carbocycles. The summed E-state index contributed by atoms with van der Waals surface area (Å²) in [5.74, 6) is -1.16. The maximum Gasteiger partial charge on any atom is 0.135 e. The van der Waals surface area contributed by atoms with Crippen molar-refractivity contribution in [3.05, 3.63) is 170 Å². The van der Waals surface area contributed by atoms with Gasteiger partial charge in [0.15, 0.2) is 0 Å². The minimum absolute atomic E-state index is 0.0771. The van der Waals surface area contributed by atoms with Gasteiger partial charge in [0.2, 0.25) is 0 Å². The van der Waals surface area contributed by atoms with Crippen LogP contribution < -0.4 is 0 Å². The zero-order valence-corrected chi connectivity index (χ0v) is 25.3. The van der Waals surface area contributed by atoms with Gasteiger partial charge in [-0.05, 0) is 79.7 Å². The molecule has 0 unspecified atom stereocenters. The molecule has 3 nitrogen and oxygen atoms in total. The van der Waals surface area contributed by atoms with E-state index in [1.807, 2.05) is 48.5 Å². The molecular formula is C46H28N2O. The molecule has 3 heteroatoms. The molecule has 0 aliphatic rings. The van der Waals surface area contributed by atoms with Crippen LogP contribution in [0.3, 0.4) is 0 Å². The summed E-state index contributed by atoms with van der Waals surface area (Å²) < 4.78 is 139. The van der Waals surface area contributed by atoms with Gasteiger partial charge in [0, 0.05) is 33.7 Å². The molecule has 0 radical (unpaired) electrons. The lowest BCUT2D eigenvalue weighted by molar-refractivity contribution is 0.598. The van der Waals surface area contributed by atoms with Crippen LogP contribution in [-0.4, -0.2) is 9.97 Å². The molecule has 0 fully saturated rings. The summed E-state index contributed by atoms with van der Waals surface area (Å²) in [6, 6.07) is 12.5. The first-order valence-corrected chi connectivity index (χ1v) is 15.4. The largest absolute Gasteiger partial charge is 0.456 e. The van der Waals surface area contributed by atoms with Gasteiger partial charge in [0.05, 0.1) is 37.3 Å². The third-order valence-corrected chi connectivity index (χ3v) is 8.60. The summed E-state index contributed by atoms with van der Waals surface area (Å²) in [5, 5.41) is 1.58. The van der Waals surface area contributed by atoms with Crippen molar-refractivity contribution in [3.63, 3.8) is 0 Å². The van der Waals surface area contributed by atoms with Gasteiger partial charge in [0.1, 0.15) is 11.5 Å². The van der Waals surface area contributed by atoms with Gasteiger partial charge < -0.3 is 4.42 Å². The van der Waals surface area contributed by atoms with Crippen LogP contribution in [0.25, 0.3) is 99.2 Å². The summed E-state index contributed by atoms with van der Waals surface area (Å²) in [5.41, 5.74) is 2.18. The molecule has 0 saturated heterocycles. The molecule has 49 heavy (non-hydrogen) atoms. The molecular weight excluding hydrogens is 597 g/mol. The Kier molecular flexibility index (Phi) is 3.70. The Labute approximate surface area is 303 Å². The van der Waals surface area contributed by atoms with E-state index in [0.717, 1.165) is 21.9 Å². The van der Waals surface area contributed by atoms with Crippen molar-refractivity contribution in [2.24, 2.45) is 0 Å². The van der Waals surface area contributed by atoms with Crippen molar-refractivity contribution < 1.29 is 25.0 Å². The topological polar surface area (TPSA) is 38.9 Å². The Morgan fingerprint density at radius 1 is 0.449 bits per heavy atom. The molecule has 0 amide bonds. The van der Waals surface area contributed by atoms with Gasteiger partial charge in [-0.3, -0.25) is 4.98 Å². The van der Waals surface area contributed by atoms with Crippen LogP contribution >= 0.6 is 0 Å². The predicted octanol–water partition coefficient (Wildman–Crippen LogP) is 12.5. The highest BCUT2D eigenvalue weighted by atomic mass is 16.3. The number of benzene rings is 7. The van der Waals surface area contributed by atoms with Crippen molar-refractivity contribution >= 4 is 54.1 Å². The van der Waals surface area contributed by atoms with E-state index in [9.17, 15) is 2.74 Å². The molecule has 10 rings (SSSR count). The van der Waals surface area contributed by atoms with Gasteiger partial charge in [0.25, 0.3) is 0 Å². The van der Waals surface area contributed by atoms with E-state index >= 15 is 0 Å². The predicted molar refractivity (Wildman–Crippen MR) is 204 cm³/mol. The molecule has 0 aliphatic heterocycles. The highest BCUT2D eigenvalue weighted by molar-refractivity contribution is 6.13. The average molecular weight is 640 g/mol. The van der Waals surface area contributed by atoms with Crippen LogP contribution in [0.15, 0.2) is 174 Å². The number of aromatic nitrogens is 2. The third kappa shape index (κ3) is 4.51. The lowest BCUT2D eigenvalue weighted by Crippen LogP contribution is -1.91. The summed E-state index contributed by atoms with van der Waals surface area (Å²) in [6.45, 7) is 0. The van der Waals surface area contributed by atoms with Gasteiger partial charge in [-0.15, -0.1) is 0 Å². The maximum absolute atomic E-state index is 9.56. The Bertz CT molecular complexity index is 3760. The quantitative estimate of drug-likeness (QED) is 0.180. The fourth-order valence-electron chi connectivity index (χ4n) is 6.34. The fourth-order valence-corrected chi connectivity index (χ4v) is 6.34. The first-order valence-electron chi connectivity index (χ1n) is 22.9. The highest BCUT2D eigenvalue weighted by Crippen LogP contribution is 2.40. The van der Waals surface area contributed by atoms with E-state index in [2.05, 4.69) is 4.98 Å². The molecule has 0 saturated carbocycles. The second-order valence-corrected chi connectivity index (χ2v) is 11.4. The number of hydrogen-bond acceptors (Lipinski definition) is 3. The molecule has 0 atom stereocenters. The zero-order valence-electron chi connectivity index (χ0n) is 40.3. The van der Waals surface area contributed by atoms with Crippen molar-refractivity contribution in [2.75, 3.05) is 0 Å². The van der Waals surface area contributed by atoms with Gasteiger partial charge >= 0.3 is 0 Å². The zero-order chi connectivity index (χ0) is 45.4. The standard InChI is InChI=1S/C46H28N2O/c1-2-13-34-32(9-1)28-41(39-17-6-4-14-36(34)39)44-25-24-43(49-44)33-11-7-10-31(27-33)35-21-22-40(38-16-5-3-15-37(35)38)42-23-20-30-19-18-29-12-8-26-47-45(29)46(30)48-42/h1-28H/i1D,2D,4D,6D,7D,9D,10D,11D,13D,14D,17D,24D,25D,27D,28D. The van der Waals surface area contributed by atoms with E-state index in [-0.39, 0.29) is 16.3 Å².